The first-order valence-corrected chi connectivity index (χ1v) is 8.44. The molecule has 1 heterocycles. The molecule has 0 saturated heterocycles. The van der Waals surface area contributed by atoms with Crippen molar-refractivity contribution in [3.05, 3.63) is 22.4 Å². The third kappa shape index (κ3) is 4.40. The van der Waals surface area contributed by atoms with Crippen LogP contribution in [0.5, 0.6) is 0 Å². The zero-order valence-electron chi connectivity index (χ0n) is 11.8. The second-order valence-corrected chi connectivity index (χ2v) is 6.83. The normalized spacial score (nSPS) is 25.3. The second-order valence-electron chi connectivity index (χ2n) is 6.04. The summed E-state index contributed by atoms with van der Waals surface area (Å²) in [6, 6.07) is 3.02. The fourth-order valence-corrected chi connectivity index (χ4v) is 3.76. The van der Waals surface area contributed by atoms with Crippen LogP contribution < -0.4 is 5.32 Å². The van der Waals surface area contributed by atoms with E-state index < -0.39 is 0 Å². The van der Waals surface area contributed by atoms with Crippen LogP contribution in [0.1, 0.15) is 51.5 Å². The highest BCUT2D eigenvalue weighted by Crippen LogP contribution is 2.28. The van der Waals surface area contributed by atoms with Gasteiger partial charge >= 0.3 is 0 Å². The maximum atomic E-state index is 3.76. The van der Waals surface area contributed by atoms with Crippen LogP contribution in [-0.4, -0.2) is 12.6 Å². The molecule has 1 saturated carbocycles. The summed E-state index contributed by atoms with van der Waals surface area (Å²) in [5.74, 6) is 1.84. The van der Waals surface area contributed by atoms with Gasteiger partial charge in [0.1, 0.15) is 0 Å². The number of rotatable bonds is 5. The van der Waals surface area contributed by atoms with E-state index in [-0.39, 0.29) is 0 Å². The van der Waals surface area contributed by atoms with Crippen molar-refractivity contribution in [1.29, 1.82) is 0 Å². The van der Waals surface area contributed by atoms with Crippen LogP contribution in [0.4, 0.5) is 0 Å². The average molecular weight is 265 g/mol. The van der Waals surface area contributed by atoms with Gasteiger partial charge in [-0.2, -0.15) is 11.3 Å². The summed E-state index contributed by atoms with van der Waals surface area (Å²) in [5.41, 5.74) is 1.49. The summed E-state index contributed by atoms with van der Waals surface area (Å²) in [4.78, 5) is 0. The summed E-state index contributed by atoms with van der Waals surface area (Å²) in [6.45, 7) is 5.91. The predicted octanol–water partition coefficient (Wildman–Crippen LogP) is 4.49. The van der Waals surface area contributed by atoms with Gasteiger partial charge in [-0.25, -0.2) is 0 Å². The van der Waals surface area contributed by atoms with Crippen molar-refractivity contribution in [2.45, 2.75) is 58.4 Å². The van der Waals surface area contributed by atoms with Gasteiger partial charge in [-0.05, 0) is 66.5 Å². The molecule has 0 bridgehead atoms. The van der Waals surface area contributed by atoms with Crippen molar-refractivity contribution < 1.29 is 0 Å². The van der Waals surface area contributed by atoms with Crippen LogP contribution >= 0.6 is 11.3 Å². The molecule has 1 aliphatic carbocycles. The first-order valence-electron chi connectivity index (χ1n) is 7.50. The first kappa shape index (κ1) is 14.1. The number of nitrogens with one attached hydrogen (secondary N) is 1. The average Bonchev–Trinajstić information content (AvgIpc) is 2.73. The highest BCUT2D eigenvalue weighted by atomic mass is 32.1. The number of hydrogen-bond acceptors (Lipinski definition) is 2. The van der Waals surface area contributed by atoms with Gasteiger partial charge in [-0.3, -0.25) is 0 Å². The van der Waals surface area contributed by atoms with E-state index in [1.54, 1.807) is 11.3 Å². The Bertz CT molecular complexity index is 318. The van der Waals surface area contributed by atoms with E-state index in [0.717, 1.165) is 24.4 Å². The molecule has 1 fully saturated rings. The SMILES string of the molecule is CC(C)C1CCCC(NCCc2ccsc2)CC1. The van der Waals surface area contributed by atoms with Gasteiger partial charge in [0.2, 0.25) is 0 Å². The van der Waals surface area contributed by atoms with Gasteiger partial charge in [0.15, 0.2) is 0 Å². The Morgan fingerprint density at radius 1 is 1.28 bits per heavy atom. The fraction of sp³-hybridized carbons (Fsp3) is 0.750. The minimum Gasteiger partial charge on any atom is -0.314 e. The molecule has 1 aliphatic rings. The molecule has 18 heavy (non-hydrogen) atoms. The zero-order valence-corrected chi connectivity index (χ0v) is 12.6. The third-order valence-corrected chi connectivity index (χ3v) is 5.12. The van der Waals surface area contributed by atoms with Gasteiger partial charge < -0.3 is 5.32 Å². The van der Waals surface area contributed by atoms with Gasteiger partial charge in [0.05, 0.1) is 0 Å². The van der Waals surface area contributed by atoms with Gasteiger partial charge in [-0.15, -0.1) is 0 Å². The summed E-state index contributed by atoms with van der Waals surface area (Å²) in [5, 5.41) is 8.21. The summed E-state index contributed by atoms with van der Waals surface area (Å²) in [6.07, 6.45) is 8.24. The van der Waals surface area contributed by atoms with Crippen molar-refractivity contribution in [2.24, 2.45) is 11.8 Å². The largest absolute Gasteiger partial charge is 0.314 e. The monoisotopic (exact) mass is 265 g/mol. The highest BCUT2D eigenvalue weighted by molar-refractivity contribution is 7.07. The summed E-state index contributed by atoms with van der Waals surface area (Å²) >= 11 is 1.80. The molecule has 1 N–H and O–H groups in total. The summed E-state index contributed by atoms with van der Waals surface area (Å²) < 4.78 is 0. The first-order chi connectivity index (χ1) is 8.75. The fourth-order valence-electron chi connectivity index (χ4n) is 3.06. The third-order valence-electron chi connectivity index (χ3n) is 4.38. The van der Waals surface area contributed by atoms with Gasteiger partial charge in [0.25, 0.3) is 0 Å². The van der Waals surface area contributed by atoms with Crippen LogP contribution in [0.2, 0.25) is 0 Å². The predicted molar refractivity (Wildman–Crippen MR) is 81.2 cm³/mol. The molecular formula is C16H27NS. The topological polar surface area (TPSA) is 12.0 Å². The van der Waals surface area contributed by atoms with E-state index in [4.69, 9.17) is 0 Å². The molecule has 1 nitrogen and oxygen atoms in total. The maximum Gasteiger partial charge on any atom is 0.00672 e. The molecule has 0 spiro atoms. The molecule has 1 aromatic rings. The summed E-state index contributed by atoms with van der Waals surface area (Å²) in [7, 11) is 0. The Kier molecular flexibility index (Phi) is 5.71. The molecule has 2 unspecified atom stereocenters. The van der Waals surface area contributed by atoms with Crippen molar-refractivity contribution in [3.63, 3.8) is 0 Å². The number of hydrogen-bond donors (Lipinski definition) is 1. The number of thiophene rings is 1. The van der Waals surface area contributed by atoms with Crippen molar-refractivity contribution in [2.75, 3.05) is 6.54 Å². The molecule has 2 rings (SSSR count). The molecule has 2 heteroatoms. The molecule has 0 aliphatic heterocycles. The van der Waals surface area contributed by atoms with Crippen molar-refractivity contribution in [3.8, 4) is 0 Å². The van der Waals surface area contributed by atoms with Crippen LogP contribution in [0.15, 0.2) is 16.8 Å². The lowest BCUT2D eigenvalue weighted by Gasteiger charge is -2.19. The highest BCUT2D eigenvalue weighted by Gasteiger charge is 2.20. The van der Waals surface area contributed by atoms with Crippen molar-refractivity contribution >= 4 is 11.3 Å². The van der Waals surface area contributed by atoms with E-state index in [2.05, 4.69) is 36.0 Å². The molecule has 1 aromatic heterocycles. The van der Waals surface area contributed by atoms with Gasteiger partial charge in [-0.1, -0.05) is 26.7 Å². The lowest BCUT2D eigenvalue weighted by molar-refractivity contribution is 0.338. The van der Waals surface area contributed by atoms with Crippen LogP contribution in [-0.2, 0) is 6.42 Å². The Balaban J connectivity index is 1.67. The quantitative estimate of drug-likeness (QED) is 0.774. The zero-order chi connectivity index (χ0) is 12.8. The van der Waals surface area contributed by atoms with Gasteiger partial charge in [0, 0.05) is 6.04 Å². The smallest absolute Gasteiger partial charge is 0.00672 e. The molecule has 0 radical (unpaired) electrons. The second kappa shape index (κ2) is 7.30. The Morgan fingerprint density at radius 3 is 2.89 bits per heavy atom. The maximum absolute atomic E-state index is 3.76. The lowest BCUT2D eigenvalue weighted by Crippen LogP contribution is -2.30. The standard InChI is InChI=1S/C16H27NS/c1-13(2)15-4-3-5-16(7-6-15)17-10-8-14-9-11-18-12-14/h9,11-13,15-17H,3-8,10H2,1-2H3. The van der Waals surface area contributed by atoms with Crippen molar-refractivity contribution in [1.82, 2.24) is 5.32 Å². The van der Waals surface area contributed by atoms with Crippen LogP contribution in [0.25, 0.3) is 0 Å². The molecule has 0 aromatic carbocycles. The van der Waals surface area contributed by atoms with E-state index in [0.29, 0.717) is 0 Å². The molecule has 0 amide bonds. The Morgan fingerprint density at radius 2 is 2.17 bits per heavy atom. The molecular weight excluding hydrogens is 238 g/mol. The Labute approximate surface area is 116 Å². The molecule has 102 valence electrons. The van der Waals surface area contributed by atoms with E-state index in [1.807, 2.05) is 0 Å². The van der Waals surface area contributed by atoms with E-state index >= 15 is 0 Å². The van der Waals surface area contributed by atoms with E-state index in [9.17, 15) is 0 Å². The molecule has 2 atom stereocenters. The van der Waals surface area contributed by atoms with E-state index in [1.165, 1.54) is 44.1 Å². The lowest BCUT2D eigenvalue weighted by atomic mass is 9.89. The minimum absolute atomic E-state index is 0.771. The minimum atomic E-state index is 0.771. The van der Waals surface area contributed by atoms with Crippen LogP contribution in [0.3, 0.4) is 0 Å². The Hall–Kier alpha value is -0.340. The van der Waals surface area contributed by atoms with Crippen LogP contribution in [0, 0.1) is 11.8 Å².